The van der Waals surface area contributed by atoms with Crippen LogP contribution >= 0.6 is 0 Å². The van der Waals surface area contributed by atoms with Crippen molar-refractivity contribution in [2.75, 3.05) is 6.61 Å². The van der Waals surface area contributed by atoms with Crippen molar-refractivity contribution in [3.8, 4) is 0 Å². The summed E-state index contributed by atoms with van der Waals surface area (Å²) in [6.45, 7) is 1.92. The monoisotopic (exact) mass is 220 g/mol. The number of allylic oxidation sites excluding steroid dienone is 2. The van der Waals surface area contributed by atoms with Crippen molar-refractivity contribution < 1.29 is 10.2 Å². The fourth-order valence-corrected chi connectivity index (χ4v) is 1.49. The summed E-state index contributed by atoms with van der Waals surface area (Å²) in [6.07, 6.45) is 4.00. The van der Waals surface area contributed by atoms with Gasteiger partial charge in [0.05, 0.1) is 12.7 Å². The molecule has 0 amide bonds. The van der Waals surface area contributed by atoms with E-state index in [1.54, 1.807) is 0 Å². The Morgan fingerprint density at radius 2 is 2.00 bits per heavy atom. The lowest BCUT2D eigenvalue weighted by Crippen LogP contribution is -2.11. The van der Waals surface area contributed by atoms with E-state index in [-0.39, 0.29) is 6.61 Å². The quantitative estimate of drug-likeness (QED) is 0.722. The number of aliphatic hydroxyl groups is 2. The van der Waals surface area contributed by atoms with Gasteiger partial charge < -0.3 is 10.2 Å². The molecule has 0 saturated carbocycles. The van der Waals surface area contributed by atoms with Crippen LogP contribution < -0.4 is 0 Å². The van der Waals surface area contributed by atoms with Gasteiger partial charge in [-0.3, -0.25) is 0 Å². The second kappa shape index (κ2) is 7.20. The molecule has 0 saturated heterocycles. The summed E-state index contributed by atoms with van der Waals surface area (Å²) in [5.74, 6) is 0. The van der Waals surface area contributed by atoms with Crippen molar-refractivity contribution >= 4 is 0 Å². The van der Waals surface area contributed by atoms with Gasteiger partial charge in [0.2, 0.25) is 0 Å². The molecule has 0 radical (unpaired) electrons. The first kappa shape index (κ1) is 12.9. The lowest BCUT2D eigenvalue weighted by atomic mass is 10.1. The van der Waals surface area contributed by atoms with Gasteiger partial charge in [0, 0.05) is 0 Å². The normalized spacial score (nSPS) is 13.8. The van der Waals surface area contributed by atoms with E-state index >= 15 is 0 Å². The standard InChI is InChI=1S/C14H20O2/c1-12(8-10-14(16)11-15)7-9-13-5-3-2-4-6-13/h2-7,14-16H,8-11H2,1H3/b12-7+/t14-/m0/s1. The van der Waals surface area contributed by atoms with Crippen LogP contribution in [0, 0.1) is 0 Å². The van der Waals surface area contributed by atoms with Crippen molar-refractivity contribution in [2.45, 2.75) is 32.3 Å². The van der Waals surface area contributed by atoms with Gasteiger partial charge >= 0.3 is 0 Å². The van der Waals surface area contributed by atoms with E-state index in [1.165, 1.54) is 11.1 Å². The molecule has 0 unspecified atom stereocenters. The second-order valence-corrected chi connectivity index (χ2v) is 4.12. The van der Waals surface area contributed by atoms with Crippen molar-refractivity contribution in [1.29, 1.82) is 0 Å². The number of benzene rings is 1. The lowest BCUT2D eigenvalue weighted by Gasteiger charge is -2.06. The van der Waals surface area contributed by atoms with Crippen LogP contribution in [0.3, 0.4) is 0 Å². The summed E-state index contributed by atoms with van der Waals surface area (Å²) in [4.78, 5) is 0. The van der Waals surface area contributed by atoms with Crippen LogP contribution in [0.1, 0.15) is 25.3 Å². The summed E-state index contributed by atoms with van der Waals surface area (Å²) in [5, 5.41) is 17.9. The fraction of sp³-hybridized carbons (Fsp3) is 0.429. The molecule has 1 aromatic carbocycles. The first-order valence-electron chi connectivity index (χ1n) is 5.71. The van der Waals surface area contributed by atoms with E-state index in [2.05, 4.69) is 25.1 Å². The van der Waals surface area contributed by atoms with Crippen LogP contribution in [0.25, 0.3) is 0 Å². The summed E-state index contributed by atoms with van der Waals surface area (Å²) in [7, 11) is 0. The van der Waals surface area contributed by atoms with Gasteiger partial charge in [-0.05, 0) is 31.7 Å². The molecule has 1 rings (SSSR count). The molecule has 0 aliphatic rings. The molecule has 0 aromatic heterocycles. The maximum absolute atomic E-state index is 9.21. The Hall–Kier alpha value is -1.12. The maximum atomic E-state index is 9.21. The molecule has 0 spiro atoms. The molecule has 2 N–H and O–H groups in total. The molecule has 2 nitrogen and oxygen atoms in total. The van der Waals surface area contributed by atoms with Crippen molar-refractivity contribution in [3.63, 3.8) is 0 Å². The second-order valence-electron chi connectivity index (χ2n) is 4.12. The van der Waals surface area contributed by atoms with E-state index in [4.69, 9.17) is 5.11 Å². The summed E-state index contributed by atoms with van der Waals surface area (Å²) < 4.78 is 0. The molecule has 2 heteroatoms. The zero-order valence-electron chi connectivity index (χ0n) is 9.76. The van der Waals surface area contributed by atoms with E-state index in [1.807, 2.05) is 18.2 Å². The fourth-order valence-electron chi connectivity index (χ4n) is 1.49. The molecule has 0 aliphatic carbocycles. The first-order valence-corrected chi connectivity index (χ1v) is 5.71. The molecule has 1 aromatic rings. The molecule has 1 atom stereocenters. The lowest BCUT2D eigenvalue weighted by molar-refractivity contribution is 0.0885. The molecule has 0 fully saturated rings. The molecule has 0 heterocycles. The Balaban J connectivity index is 2.34. The average Bonchev–Trinajstić information content (AvgIpc) is 2.34. The smallest absolute Gasteiger partial charge is 0.0774 e. The topological polar surface area (TPSA) is 40.5 Å². The van der Waals surface area contributed by atoms with Crippen molar-refractivity contribution in [1.82, 2.24) is 0 Å². The Bertz CT molecular complexity index is 317. The van der Waals surface area contributed by atoms with Crippen LogP contribution in [0.15, 0.2) is 42.0 Å². The third kappa shape index (κ3) is 5.10. The van der Waals surface area contributed by atoms with E-state index in [9.17, 15) is 5.11 Å². The maximum Gasteiger partial charge on any atom is 0.0774 e. The largest absolute Gasteiger partial charge is 0.394 e. The Morgan fingerprint density at radius 1 is 1.31 bits per heavy atom. The van der Waals surface area contributed by atoms with Gasteiger partial charge in [0.15, 0.2) is 0 Å². The summed E-state index contributed by atoms with van der Waals surface area (Å²) in [6, 6.07) is 10.3. The SMILES string of the molecule is C/C(=C\Cc1ccccc1)CC[C@H](O)CO. The minimum absolute atomic E-state index is 0.147. The summed E-state index contributed by atoms with van der Waals surface area (Å²) in [5.41, 5.74) is 2.56. The molecule has 88 valence electrons. The van der Waals surface area contributed by atoms with Gasteiger partial charge in [-0.15, -0.1) is 0 Å². The molecular weight excluding hydrogens is 200 g/mol. The van der Waals surface area contributed by atoms with E-state index in [0.717, 1.165) is 12.8 Å². The Labute approximate surface area is 97.2 Å². The third-order valence-electron chi connectivity index (χ3n) is 2.61. The average molecular weight is 220 g/mol. The predicted molar refractivity (Wildman–Crippen MR) is 66.2 cm³/mol. The van der Waals surface area contributed by atoms with Gasteiger partial charge in [-0.1, -0.05) is 42.0 Å². The van der Waals surface area contributed by atoms with Gasteiger partial charge in [0.25, 0.3) is 0 Å². The minimum atomic E-state index is -0.583. The Kier molecular flexibility index (Phi) is 5.83. The Morgan fingerprint density at radius 3 is 2.62 bits per heavy atom. The van der Waals surface area contributed by atoms with Crippen LogP contribution in [0.2, 0.25) is 0 Å². The van der Waals surface area contributed by atoms with E-state index in [0.29, 0.717) is 6.42 Å². The van der Waals surface area contributed by atoms with Crippen LogP contribution in [0.4, 0.5) is 0 Å². The number of hydrogen-bond acceptors (Lipinski definition) is 2. The van der Waals surface area contributed by atoms with Crippen molar-refractivity contribution in [2.24, 2.45) is 0 Å². The number of hydrogen-bond donors (Lipinski definition) is 2. The van der Waals surface area contributed by atoms with Gasteiger partial charge in [0.1, 0.15) is 0 Å². The predicted octanol–water partition coefficient (Wildman–Crippen LogP) is 2.31. The molecule has 0 bridgehead atoms. The highest BCUT2D eigenvalue weighted by atomic mass is 16.3. The van der Waals surface area contributed by atoms with Gasteiger partial charge in [-0.2, -0.15) is 0 Å². The molecule has 16 heavy (non-hydrogen) atoms. The van der Waals surface area contributed by atoms with Crippen LogP contribution in [0.5, 0.6) is 0 Å². The zero-order chi connectivity index (χ0) is 11.8. The zero-order valence-corrected chi connectivity index (χ0v) is 9.76. The first-order chi connectivity index (χ1) is 7.72. The minimum Gasteiger partial charge on any atom is -0.394 e. The number of aliphatic hydroxyl groups excluding tert-OH is 2. The molecule has 0 aliphatic heterocycles. The molecular formula is C14H20O2. The van der Waals surface area contributed by atoms with Crippen molar-refractivity contribution in [3.05, 3.63) is 47.5 Å². The highest BCUT2D eigenvalue weighted by Crippen LogP contribution is 2.09. The third-order valence-corrected chi connectivity index (χ3v) is 2.61. The highest BCUT2D eigenvalue weighted by Gasteiger charge is 2.01. The van der Waals surface area contributed by atoms with E-state index < -0.39 is 6.10 Å². The van der Waals surface area contributed by atoms with Crippen LogP contribution in [-0.2, 0) is 6.42 Å². The number of rotatable bonds is 6. The van der Waals surface area contributed by atoms with Gasteiger partial charge in [-0.25, -0.2) is 0 Å². The van der Waals surface area contributed by atoms with Crippen LogP contribution in [-0.4, -0.2) is 22.9 Å². The summed E-state index contributed by atoms with van der Waals surface area (Å²) >= 11 is 0. The highest BCUT2D eigenvalue weighted by molar-refractivity contribution is 5.18.